The van der Waals surface area contributed by atoms with E-state index in [9.17, 15) is 9.59 Å². The zero-order chi connectivity index (χ0) is 19.2. The zero-order valence-electron chi connectivity index (χ0n) is 16.1. The smallest absolute Gasteiger partial charge is 0.229 e. The van der Waals surface area contributed by atoms with Crippen molar-refractivity contribution in [1.29, 1.82) is 0 Å². The van der Waals surface area contributed by atoms with Gasteiger partial charge in [0.15, 0.2) is 0 Å². The van der Waals surface area contributed by atoms with Crippen LogP contribution < -0.4 is 0 Å². The van der Waals surface area contributed by atoms with Gasteiger partial charge in [-0.2, -0.15) is 0 Å². The minimum absolute atomic E-state index is 0.220. The molecule has 4 heteroatoms. The lowest BCUT2D eigenvalue weighted by Crippen LogP contribution is -2.59. The van der Waals surface area contributed by atoms with Gasteiger partial charge in [0.05, 0.1) is 0 Å². The molecule has 142 valence electrons. The van der Waals surface area contributed by atoms with Crippen molar-refractivity contribution in [3.8, 4) is 0 Å². The molecule has 0 N–H and O–H groups in total. The third kappa shape index (κ3) is 1.98. The van der Waals surface area contributed by atoms with Gasteiger partial charge >= 0.3 is 0 Å². The van der Waals surface area contributed by atoms with Crippen molar-refractivity contribution in [2.24, 2.45) is 40.4 Å². The van der Waals surface area contributed by atoms with Crippen LogP contribution in [-0.2, 0) is 9.59 Å². The molecular weight excluding hydrogens is 395 g/mol. The maximum atomic E-state index is 15.3. The quantitative estimate of drug-likeness (QED) is 0.488. The Hall–Kier alpha value is -0.770. The number of rotatable bonds is 0. The predicted octanol–water partition coefficient (Wildman–Crippen LogP) is 5.42. The van der Waals surface area contributed by atoms with E-state index in [-0.39, 0.29) is 17.3 Å². The minimum Gasteiger partial charge on any atom is -0.299 e. The molecule has 3 saturated carbocycles. The fourth-order valence-corrected chi connectivity index (χ4v) is 7.60. The van der Waals surface area contributed by atoms with Crippen LogP contribution in [0, 0.1) is 40.4 Å². The maximum absolute atomic E-state index is 15.3. The SMILES string of the molecule is C=C1C2=CC(=O)C(F)(Br)[C@H](C)[C@]2(C)[C@H]2CC[C@]3(C)C(=O)CC[C@H]3[C@@H]2C1C. The number of hydrogen-bond acceptors (Lipinski definition) is 2. The highest BCUT2D eigenvalue weighted by Gasteiger charge is 2.66. The molecule has 0 aromatic carbocycles. The van der Waals surface area contributed by atoms with Gasteiger partial charge in [-0.15, -0.1) is 0 Å². The van der Waals surface area contributed by atoms with Crippen LogP contribution >= 0.6 is 15.9 Å². The lowest BCUT2D eigenvalue weighted by atomic mass is 9.42. The van der Waals surface area contributed by atoms with Gasteiger partial charge in [-0.3, -0.25) is 9.59 Å². The fraction of sp³-hybridized carbons (Fsp3) is 0.727. The molecule has 0 heterocycles. The molecular formula is C22H28BrFO2. The van der Waals surface area contributed by atoms with Gasteiger partial charge in [-0.05, 0) is 76.1 Å². The van der Waals surface area contributed by atoms with E-state index in [1.807, 2.05) is 6.92 Å². The Morgan fingerprint density at radius 2 is 1.85 bits per heavy atom. The zero-order valence-corrected chi connectivity index (χ0v) is 17.7. The summed E-state index contributed by atoms with van der Waals surface area (Å²) in [4.78, 5) is 25.0. The topological polar surface area (TPSA) is 34.1 Å². The van der Waals surface area contributed by atoms with E-state index in [1.165, 1.54) is 6.08 Å². The molecule has 0 aliphatic heterocycles. The van der Waals surface area contributed by atoms with Crippen LogP contribution in [0.4, 0.5) is 4.39 Å². The third-order valence-corrected chi connectivity index (χ3v) is 9.99. The number of carbonyl (C=O) groups is 2. The van der Waals surface area contributed by atoms with Crippen LogP contribution in [0.5, 0.6) is 0 Å². The molecule has 0 amide bonds. The Kier molecular flexibility index (Phi) is 3.86. The second-order valence-corrected chi connectivity index (χ2v) is 10.7. The second-order valence-electron chi connectivity index (χ2n) is 9.57. The monoisotopic (exact) mass is 422 g/mol. The Morgan fingerprint density at radius 1 is 1.19 bits per heavy atom. The van der Waals surface area contributed by atoms with E-state index in [2.05, 4.69) is 43.3 Å². The lowest BCUT2D eigenvalue weighted by molar-refractivity contribution is -0.138. The van der Waals surface area contributed by atoms with E-state index in [1.54, 1.807) is 0 Å². The fourth-order valence-electron chi connectivity index (χ4n) is 7.01. The van der Waals surface area contributed by atoms with Crippen LogP contribution in [-0.4, -0.2) is 16.1 Å². The Bertz CT molecular complexity index is 753. The van der Waals surface area contributed by atoms with Gasteiger partial charge in [0.25, 0.3) is 0 Å². The average Bonchev–Trinajstić information content (AvgIpc) is 2.89. The molecule has 8 atom stereocenters. The van der Waals surface area contributed by atoms with Crippen molar-refractivity contribution in [2.75, 3.05) is 0 Å². The first-order chi connectivity index (χ1) is 12.0. The van der Waals surface area contributed by atoms with Crippen molar-refractivity contribution < 1.29 is 14.0 Å². The first kappa shape index (κ1) is 18.6. The number of fused-ring (bicyclic) bond motifs is 5. The number of alkyl halides is 2. The molecule has 4 rings (SSSR count). The first-order valence-corrected chi connectivity index (χ1v) is 10.6. The second kappa shape index (κ2) is 5.40. The molecule has 4 aliphatic carbocycles. The molecule has 26 heavy (non-hydrogen) atoms. The molecule has 2 nitrogen and oxygen atoms in total. The highest BCUT2D eigenvalue weighted by Crippen LogP contribution is 2.69. The largest absolute Gasteiger partial charge is 0.299 e. The normalized spacial score (nSPS) is 53.7. The van der Waals surface area contributed by atoms with E-state index in [0.29, 0.717) is 24.0 Å². The summed E-state index contributed by atoms with van der Waals surface area (Å²) in [6.07, 6.45) is 4.91. The molecule has 3 fully saturated rings. The lowest BCUT2D eigenvalue weighted by Gasteiger charge is -2.62. The average molecular weight is 423 g/mol. The van der Waals surface area contributed by atoms with Gasteiger partial charge in [0.1, 0.15) is 5.78 Å². The van der Waals surface area contributed by atoms with Crippen LogP contribution in [0.1, 0.15) is 53.4 Å². The van der Waals surface area contributed by atoms with Crippen LogP contribution in [0.2, 0.25) is 0 Å². The summed E-state index contributed by atoms with van der Waals surface area (Å²) in [5.74, 6) is 0.590. The molecule has 0 aromatic heterocycles. The van der Waals surface area contributed by atoms with Gasteiger partial charge in [0.2, 0.25) is 10.4 Å². The minimum atomic E-state index is -2.02. The first-order valence-electron chi connectivity index (χ1n) is 9.84. The molecule has 0 radical (unpaired) electrons. The Balaban J connectivity index is 1.88. The van der Waals surface area contributed by atoms with Crippen LogP contribution in [0.3, 0.4) is 0 Å². The van der Waals surface area contributed by atoms with E-state index < -0.39 is 21.7 Å². The Labute approximate surface area is 163 Å². The van der Waals surface area contributed by atoms with Crippen molar-refractivity contribution in [1.82, 2.24) is 0 Å². The van der Waals surface area contributed by atoms with Crippen molar-refractivity contribution in [3.05, 3.63) is 23.8 Å². The highest BCUT2D eigenvalue weighted by atomic mass is 79.9. The molecule has 2 unspecified atom stereocenters. The van der Waals surface area contributed by atoms with Gasteiger partial charge in [-0.1, -0.05) is 34.3 Å². The Morgan fingerprint density at radius 3 is 2.50 bits per heavy atom. The van der Waals surface area contributed by atoms with Crippen molar-refractivity contribution in [3.63, 3.8) is 0 Å². The number of allylic oxidation sites excluding steroid dienone is 2. The van der Waals surface area contributed by atoms with Crippen LogP contribution in [0.15, 0.2) is 23.8 Å². The summed E-state index contributed by atoms with van der Waals surface area (Å²) < 4.78 is 13.3. The summed E-state index contributed by atoms with van der Waals surface area (Å²) in [5.41, 5.74) is 1.25. The summed E-state index contributed by atoms with van der Waals surface area (Å²) in [6.45, 7) is 12.7. The predicted molar refractivity (Wildman–Crippen MR) is 103 cm³/mol. The number of halogens is 2. The third-order valence-electron chi connectivity index (χ3n) is 8.91. The summed E-state index contributed by atoms with van der Waals surface area (Å²) in [7, 11) is 0. The maximum Gasteiger partial charge on any atom is 0.229 e. The van der Waals surface area contributed by atoms with Crippen molar-refractivity contribution in [2.45, 2.75) is 58.0 Å². The molecule has 4 aliphatic rings. The molecule has 0 saturated heterocycles. The molecule has 0 aromatic rings. The number of ketones is 2. The standard InChI is InChI=1S/C22H28BrFO2/c1-11-12(2)19-14-6-7-17(25)20(14,4)9-8-15(19)21(5)13(3)22(23,24)18(26)10-16(11)21/h10,12-15,19H,1,6-9H2,2-5H3/t12?,13-,14+,15+,19+,20+,21-,22?/m1/s1. The number of hydrogen-bond donors (Lipinski definition) is 0. The summed E-state index contributed by atoms with van der Waals surface area (Å²) in [6, 6.07) is 0. The van der Waals surface area contributed by atoms with Crippen molar-refractivity contribution >= 4 is 27.5 Å². The molecule has 0 spiro atoms. The van der Waals surface area contributed by atoms with Crippen LogP contribution in [0.25, 0.3) is 0 Å². The summed E-state index contributed by atoms with van der Waals surface area (Å²) >= 11 is 3.10. The van der Waals surface area contributed by atoms with Gasteiger partial charge in [0, 0.05) is 23.2 Å². The van der Waals surface area contributed by atoms with E-state index >= 15 is 4.39 Å². The summed E-state index contributed by atoms with van der Waals surface area (Å²) in [5, 5.41) is 0. The number of Topliss-reactive ketones (excluding diaryl/α,β-unsaturated/α-hetero) is 1. The molecule has 0 bridgehead atoms. The van der Waals surface area contributed by atoms with E-state index in [0.717, 1.165) is 30.4 Å². The van der Waals surface area contributed by atoms with E-state index in [4.69, 9.17) is 0 Å². The number of carbonyl (C=O) groups excluding carboxylic acids is 2. The highest BCUT2D eigenvalue weighted by molar-refractivity contribution is 9.10. The van der Waals surface area contributed by atoms with Gasteiger partial charge in [-0.25, -0.2) is 4.39 Å². The van der Waals surface area contributed by atoms with Gasteiger partial charge < -0.3 is 0 Å².